The number of aromatic nitrogens is 1. The number of nitriles is 1. The van der Waals surface area contributed by atoms with Gasteiger partial charge >= 0.3 is 0 Å². The van der Waals surface area contributed by atoms with E-state index >= 15 is 0 Å². The maximum Gasteiger partial charge on any atom is 0.230 e. The molecule has 5 heteroatoms. The van der Waals surface area contributed by atoms with Crippen LogP contribution >= 0.6 is 11.8 Å². The predicted molar refractivity (Wildman–Crippen MR) is 81.8 cm³/mol. The quantitative estimate of drug-likeness (QED) is 0.646. The lowest BCUT2D eigenvalue weighted by atomic mass is 10.1. The summed E-state index contributed by atoms with van der Waals surface area (Å²) in [6.45, 7) is 8.61. The van der Waals surface area contributed by atoms with Crippen molar-refractivity contribution in [1.29, 1.82) is 5.26 Å². The second-order valence-corrected chi connectivity index (χ2v) is 5.70. The van der Waals surface area contributed by atoms with Crippen LogP contribution < -0.4 is 5.32 Å². The molecule has 0 bridgehead atoms. The van der Waals surface area contributed by atoms with Gasteiger partial charge in [0.25, 0.3) is 0 Å². The summed E-state index contributed by atoms with van der Waals surface area (Å²) in [6.07, 6.45) is 2.05. The monoisotopic (exact) mass is 291 g/mol. The average Bonchev–Trinajstić information content (AvgIpc) is 2.43. The van der Waals surface area contributed by atoms with Gasteiger partial charge in [0.1, 0.15) is 11.1 Å². The van der Waals surface area contributed by atoms with Crippen molar-refractivity contribution < 1.29 is 4.79 Å². The number of hydrogen-bond acceptors (Lipinski definition) is 4. The first-order valence-electron chi connectivity index (χ1n) is 6.78. The van der Waals surface area contributed by atoms with Gasteiger partial charge in [-0.2, -0.15) is 5.26 Å². The van der Waals surface area contributed by atoms with Crippen molar-refractivity contribution in [2.45, 2.75) is 45.6 Å². The molecule has 0 atom stereocenters. The van der Waals surface area contributed by atoms with Crippen molar-refractivity contribution >= 4 is 17.7 Å². The molecule has 1 heterocycles. The van der Waals surface area contributed by atoms with Crippen LogP contribution in [0.4, 0.5) is 0 Å². The molecule has 0 aliphatic heterocycles. The summed E-state index contributed by atoms with van der Waals surface area (Å²) in [7, 11) is 0. The number of carbonyl (C=O) groups is 1. The predicted octanol–water partition coefficient (Wildman–Crippen LogP) is 2.89. The van der Waals surface area contributed by atoms with Crippen molar-refractivity contribution in [3.8, 4) is 6.07 Å². The third kappa shape index (κ3) is 4.24. The number of amides is 1. The van der Waals surface area contributed by atoms with Crippen LogP contribution in [0.2, 0.25) is 0 Å². The number of rotatable bonds is 6. The molecule has 0 saturated carbocycles. The number of hydrogen-bond donors (Lipinski definition) is 1. The minimum atomic E-state index is -0.00924. The molecule has 0 aliphatic rings. The van der Waals surface area contributed by atoms with Gasteiger partial charge in [-0.15, -0.1) is 0 Å². The van der Waals surface area contributed by atoms with Crippen LogP contribution in [0.25, 0.3) is 0 Å². The topological polar surface area (TPSA) is 65.8 Å². The maximum absolute atomic E-state index is 11.7. The second-order valence-electron chi connectivity index (χ2n) is 4.73. The zero-order valence-electron chi connectivity index (χ0n) is 12.5. The van der Waals surface area contributed by atoms with E-state index in [-0.39, 0.29) is 5.91 Å². The van der Waals surface area contributed by atoms with Gasteiger partial charge in [0.2, 0.25) is 5.91 Å². The summed E-state index contributed by atoms with van der Waals surface area (Å²) in [5.74, 6) is 0.290. The molecule has 0 aromatic carbocycles. The van der Waals surface area contributed by atoms with Crippen LogP contribution in [0.15, 0.2) is 5.03 Å². The smallest absolute Gasteiger partial charge is 0.230 e. The number of aryl methyl sites for hydroxylation is 1. The van der Waals surface area contributed by atoms with Crippen LogP contribution in [0.5, 0.6) is 0 Å². The van der Waals surface area contributed by atoms with Gasteiger partial charge in [0.05, 0.1) is 11.3 Å². The Kier molecular flexibility index (Phi) is 6.53. The van der Waals surface area contributed by atoms with E-state index in [0.717, 1.165) is 29.7 Å². The average molecular weight is 291 g/mol. The van der Waals surface area contributed by atoms with Gasteiger partial charge in [-0.05, 0) is 38.3 Å². The third-order valence-electron chi connectivity index (χ3n) is 3.27. The van der Waals surface area contributed by atoms with E-state index in [4.69, 9.17) is 0 Å². The van der Waals surface area contributed by atoms with Gasteiger partial charge in [-0.3, -0.25) is 4.79 Å². The molecule has 0 radical (unpaired) electrons. The van der Waals surface area contributed by atoms with Crippen LogP contribution in [0, 0.1) is 32.1 Å². The summed E-state index contributed by atoms with van der Waals surface area (Å²) in [5, 5.41) is 12.8. The molecule has 0 saturated heterocycles. The van der Waals surface area contributed by atoms with E-state index in [9.17, 15) is 10.1 Å². The lowest BCUT2D eigenvalue weighted by Gasteiger charge is -2.11. The fourth-order valence-electron chi connectivity index (χ4n) is 1.74. The summed E-state index contributed by atoms with van der Waals surface area (Å²) < 4.78 is 0. The Balaban J connectivity index is 2.74. The molecule has 0 spiro atoms. The lowest BCUT2D eigenvalue weighted by molar-refractivity contribution is -0.118. The van der Waals surface area contributed by atoms with Crippen molar-refractivity contribution in [2.75, 3.05) is 12.3 Å². The molecule has 1 N–H and O–H groups in total. The molecule has 108 valence electrons. The molecule has 0 aliphatic carbocycles. The van der Waals surface area contributed by atoms with E-state index in [0.29, 0.717) is 22.9 Å². The van der Waals surface area contributed by atoms with Gasteiger partial charge in [0, 0.05) is 12.2 Å². The van der Waals surface area contributed by atoms with Crippen LogP contribution in [-0.2, 0) is 4.79 Å². The number of unbranched alkanes of at least 4 members (excludes halogenated alkanes) is 1. The van der Waals surface area contributed by atoms with Gasteiger partial charge in [-0.25, -0.2) is 4.98 Å². The SMILES string of the molecule is CCCCNC(=O)CSc1nc(C)c(C)c(C)c1C#N. The molecule has 1 amide bonds. The Bertz CT molecular complexity index is 535. The standard InChI is InChI=1S/C15H21N3OS/c1-5-6-7-17-14(19)9-20-15-13(8-16)11(3)10(2)12(4)18-15/h5-7,9H2,1-4H3,(H,17,19). The van der Waals surface area contributed by atoms with Crippen LogP contribution in [-0.4, -0.2) is 23.2 Å². The summed E-state index contributed by atoms with van der Waals surface area (Å²) in [4.78, 5) is 16.1. The first-order chi connectivity index (χ1) is 9.51. The Morgan fingerprint density at radius 2 is 2.05 bits per heavy atom. The first kappa shape index (κ1) is 16.5. The fraction of sp³-hybridized carbons (Fsp3) is 0.533. The Hall–Kier alpha value is -1.54. The minimum absolute atomic E-state index is 0.00924. The largest absolute Gasteiger partial charge is 0.355 e. The molecule has 20 heavy (non-hydrogen) atoms. The highest BCUT2D eigenvalue weighted by atomic mass is 32.2. The number of thioether (sulfide) groups is 1. The van der Waals surface area contributed by atoms with Gasteiger partial charge in [0.15, 0.2) is 0 Å². The number of pyridine rings is 1. The number of nitrogens with one attached hydrogen (secondary N) is 1. The molecule has 1 aromatic heterocycles. The summed E-state index contributed by atoms with van der Waals surface area (Å²) in [6, 6.07) is 2.19. The lowest BCUT2D eigenvalue weighted by Crippen LogP contribution is -2.26. The highest BCUT2D eigenvalue weighted by molar-refractivity contribution is 8.00. The van der Waals surface area contributed by atoms with E-state index in [1.165, 1.54) is 11.8 Å². The Labute approximate surface area is 125 Å². The maximum atomic E-state index is 11.7. The second kappa shape index (κ2) is 7.91. The van der Waals surface area contributed by atoms with Crippen molar-refractivity contribution in [3.63, 3.8) is 0 Å². The first-order valence-corrected chi connectivity index (χ1v) is 7.77. The molecule has 4 nitrogen and oxygen atoms in total. The number of nitrogens with zero attached hydrogens (tertiary/aromatic N) is 2. The van der Waals surface area contributed by atoms with E-state index in [2.05, 4.69) is 23.3 Å². The highest BCUT2D eigenvalue weighted by Crippen LogP contribution is 2.26. The van der Waals surface area contributed by atoms with E-state index < -0.39 is 0 Å². The normalized spacial score (nSPS) is 10.2. The molecule has 1 rings (SSSR count). The molecule has 0 unspecified atom stereocenters. The summed E-state index contributed by atoms with van der Waals surface area (Å²) >= 11 is 1.33. The third-order valence-corrected chi connectivity index (χ3v) is 4.24. The van der Waals surface area contributed by atoms with Crippen molar-refractivity contribution in [2.24, 2.45) is 0 Å². The van der Waals surface area contributed by atoms with Crippen LogP contribution in [0.3, 0.4) is 0 Å². The van der Waals surface area contributed by atoms with Gasteiger partial charge in [-0.1, -0.05) is 25.1 Å². The Morgan fingerprint density at radius 1 is 1.35 bits per heavy atom. The van der Waals surface area contributed by atoms with E-state index in [1.807, 2.05) is 20.8 Å². The zero-order chi connectivity index (χ0) is 15.1. The minimum Gasteiger partial charge on any atom is -0.355 e. The van der Waals surface area contributed by atoms with Crippen molar-refractivity contribution in [1.82, 2.24) is 10.3 Å². The number of carbonyl (C=O) groups excluding carboxylic acids is 1. The molecular formula is C15H21N3OS. The fourth-order valence-corrected chi connectivity index (χ4v) is 2.65. The van der Waals surface area contributed by atoms with E-state index in [1.54, 1.807) is 0 Å². The molecule has 1 aromatic rings. The van der Waals surface area contributed by atoms with Crippen molar-refractivity contribution in [3.05, 3.63) is 22.4 Å². The van der Waals surface area contributed by atoms with Crippen LogP contribution in [0.1, 0.15) is 42.1 Å². The zero-order valence-corrected chi connectivity index (χ0v) is 13.4. The highest BCUT2D eigenvalue weighted by Gasteiger charge is 2.13. The van der Waals surface area contributed by atoms with Gasteiger partial charge < -0.3 is 5.32 Å². The molecule has 0 fully saturated rings. The Morgan fingerprint density at radius 3 is 2.65 bits per heavy atom. The molecular weight excluding hydrogens is 270 g/mol. The summed E-state index contributed by atoms with van der Waals surface area (Å²) in [5.41, 5.74) is 3.49.